The van der Waals surface area contributed by atoms with Crippen molar-refractivity contribution in [3.8, 4) is 6.07 Å². The first-order chi connectivity index (χ1) is 11.2. The molecule has 0 N–H and O–H groups in total. The number of rotatable bonds is 2. The Morgan fingerprint density at radius 1 is 1.17 bits per heavy atom. The predicted octanol–water partition coefficient (Wildman–Crippen LogP) is 2.57. The van der Waals surface area contributed by atoms with Crippen molar-refractivity contribution in [1.82, 2.24) is 9.88 Å². The van der Waals surface area contributed by atoms with Crippen LogP contribution in [0.4, 0.5) is 5.69 Å². The van der Waals surface area contributed by atoms with E-state index >= 15 is 0 Å². The van der Waals surface area contributed by atoms with Crippen molar-refractivity contribution in [1.29, 1.82) is 5.26 Å². The minimum Gasteiger partial charge on any atom is -0.366 e. The molecule has 5 nitrogen and oxygen atoms in total. The van der Waals surface area contributed by atoms with Gasteiger partial charge < -0.3 is 9.80 Å². The van der Waals surface area contributed by atoms with Crippen molar-refractivity contribution in [2.24, 2.45) is 0 Å². The standard InChI is InChI=1S/C17H15ClN4O/c18-15-5-1-3-13(11-19)16(15)21-7-9-22(10-8-21)17(23)14-4-2-6-20-12-14/h1-6,12H,7-10H2. The number of hydrogen-bond donors (Lipinski definition) is 0. The Labute approximate surface area is 139 Å². The maximum absolute atomic E-state index is 12.4. The highest BCUT2D eigenvalue weighted by Gasteiger charge is 2.24. The van der Waals surface area contributed by atoms with Crippen LogP contribution in [-0.4, -0.2) is 42.0 Å². The molecule has 0 spiro atoms. The first-order valence-electron chi connectivity index (χ1n) is 7.33. The van der Waals surface area contributed by atoms with E-state index in [1.165, 1.54) is 0 Å². The number of para-hydroxylation sites is 1. The maximum Gasteiger partial charge on any atom is 0.255 e. The van der Waals surface area contributed by atoms with Crippen LogP contribution in [0.25, 0.3) is 0 Å². The van der Waals surface area contributed by atoms with E-state index in [2.05, 4.69) is 16.0 Å². The lowest BCUT2D eigenvalue weighted by molar-refractivity contribution is 0.0746. The quantitative estimate of drug-likeness (QED) is 0.851. The lowest BCUT2D eigenvalue weighted by atomic mass is 10.1. The van der Waals surface area contributed by atoms with Crippen molar-refractivity contribution in [3.05, 3.63) is 58.9 Å². The first kappa shape index (κ1) is 15.3. The second-order valence-electron chi connectivity index (χ2n) is 5.27. The van der Waals surface area contributed by atoms with Gasteiger partial charge in [-0.2, -0.15) is 5.26 Å². The van der Waals surface area contributed by atoms with Gasteiger partial charge in [0.1, 0.15) is 6.07 Å². The SMILES string of the molecule is N#Cc1cccc(Cl)c1N1CCN(C(=O)c2cccnc2)CC1. The van der Waals surface area contributed by atoms with E-state index in [-0.39, 0.29) is 5.91 Å². The third-order valence-electron chi connectivity index (χ3n) is 3.90. The summed E-state index contributed by atoms with van der Waals surface area (Å²) < 4.78 is 0. The maximum atomic E-state index is 12.4. The van der Waals surface area contributed by atoms with Gasteiger partial charge in [-0.3, -0.25) is 9.78 Å². The fourth-order valence-corrected chi connectivity index (χ4v) is 3.03. The summed E-state index contributed by atoms with van der Waals surface area (Å²) in [6.07, 6.45) is 3.23. The van der Waals surface area contributed by atoms with Gasteiger partial charge in [-0.05, 0) is 24.3 Å². The molecule has 1 aromatic heterocycles. The molecule has 23 heavy (non-hydrogen) atoms. The van der Waals surface area contributed by atoms with Crippen molar-refractivity contribution >= 4 is 23.2 Å². The van der Waals surface area contributed by atoms with Crippen molar-refractivity contribution in [3.63, 3.8) is 0 Å². The van der Waals surface area contributed by atoms with Gasteiger partial charge >= 0.3 is 0 Å². The Morgan fingerprint density at radius 2 is 1.96 bits per heavy atom. The van der Waals surface area contributed by atoms with Gasteiger partial charge in [0, 0.05) is 38.6 Å². The number of nitriles is 1. The topological polar surface area (TPSA) is 60.2 Å². The number of anilines is 1. The van der Waals surface area contributed by atoms with E-state index in [1.807, 2.05) is 0 Å². The van der Waals surface area contributed by atoms with E-state index in [0.29, 0.717) is 42.3 Å². The van der Waals surface area contributed by atoms with Crippen LogP contribution in [0.3, 0.4) is 0 Å². The molecule has 116 valence electrons. The van der Waals surface area contributed by atoms with Gasteiger partial charge in [0.15, 0.2) is 0 Å². The van der Waals surface area contributed by atoms with Gasteiger partial charge in [0.05, 0.1) is 21.8 Å². The number of hydrogen-bond acceptors (Lipinski definition) is 4. The second-order valence-corrected chi connectivity index (χ2v) is 5.68. The van der Waals surface area contributed by atoms with E-state index in [0.717, 1.165) is 5.69 Å². The molecule has 2 heterocycles. The average molecular weight is 327 g/mol. The van der Waals surface area contributed by atoms with Gasteiger partial charge in [-0.15, -0.1) is 0 Å². The van der Waals surface area contributed by atoms with Crippen LogP contribution in [0, 0.1) is 11.3 Å². The molecule has 3 rings (SSSR count). The van der Waals surface area contributed by atoms with Crippen LogP contribution >= 0.6 is 11.6 Å². The zero-order valence-electron chi connectivity index (χ0n) is 12.4. The Kier molecular flexibility index (Phi) is 4.45. The molecule has 0 radical (unpaired) electrons. The third kappa shape index (κ3) is 3.13. The molecular formula is C17H15ClN4O. The molecule has 1 aliphatic heterocycles. The average Bonchev–Trinajstić information content (AvgIpc) is 2.62. The number of amides is 1. The molecule has 0 unspecified atom stereocenters. The third-order valence-corrected chi connectivity index (χ3v) is 4.20. The minimum absolute atomic E-state index is 0.0163. The molecule has 0 atom stereocenters. The van der Waals surface area contributed by atoms with Crippen molar-refractivity contribution < 1.29 is 4.79 Å². The van der Waals surface area contributed by atoms with Crippen molar-refractivity contribution in [2.75, 3.05) is 31.1 Å². The normalized spacial score (nSPS) is 14.4. The monoisotopic (exact) mass is 326 g/mol. The molecular weight excluding hydrogens is 312 g/mol. The van der Waals surface area contributed by atoms with Gasteiger partial charge in [-0.1, -0.05) is 17.7 Å². The largest absolute Gasteiger partial charge is 0.366 e. The predicted molar refractivity (Wildman–Crippen MR) is 88.5 cm³/mol. The minimum atomic E-state index is -0.0163. The van der Waals surface area contributed by atoms with Crippen LogP contribution in [0.15, 0.2) is 42.7 Å². The van der Waals surface area contributed by atoms with Gasteiger partial charge in [0.2, 0.25) is 0 Å². The Balaban J connectivity index is 1.72. The molecule has 1 saturated heterocycles. The zero-order chi connectivity index (χ0) is 16.2. The number of halogens is 1. The molecule has 6 heteroatoms. The van der Waals surface area contributed by atoms with Crippen LogP contribution in [0.2, 0.25) is 5.02 Å². The summed E-state index contributed by atoms with van der Waals surface area (Å²) in [6.45, 7) is 2.46. The van der Waals surface area contributed by atoms with Gasteiger partial charge in [-0.25, -0.2) is 0 Å². The lowest BCUT2D eigenvalue weighted by Crippen LogP contribution is -2.49. The fourth-order valence-electron chi connectivity index (χ4n) is 2.73. The lowest BCUT2D eigenvalue weighted by Gasteiger charge is -2.36. The highest BCUT2D eigenvalue weighted by atomic mass is 35.5. The molecule has 0 bridgehead atoms. The zero-order valence-corrected chi connectivity index (χ0v) is 13.2. The van der Waals surface area contributed by atoms with E-state index in [4.69, 9.17) is 11.6 Å². The highest BCUT2D eigenvalue weighted by Crippen LogP contribution is 2.30. The smallest absolute Gasteiger partial charge is 0.255 e. The second kappa shape index (κ2) is 6.67. The summed E-state index contributed by atoms with van der Waals surface area (Å²) in [5, 5.41) is 9.82. The molecule has 0 saturated carbocycles. The Morgan fingerprint density at radius 3 is 2.61 bits per heavy atom. The molecule has 2 aromatic rings. The highest BCUT2D eigenvalue weighted by molar-refractivity contribution is 6.33. The summed E-state index contributed by atoms with van der Waals surface area (Å²) in [5.41, 5.74) is 1.91. The number of aromatic nitrogens is 1. The molecule has 1 aromatic carbocycles. The summed E-state index contributed by atoms with van der Waals surface area (Å²) in [6, 6.07) is 11.0. The fraction of sp³-hybridized carbons (Fsp3) is 0.235. The summed E-state index contributed by atoms with van der Waals surface area (Å²) >= 11 is 6.25. The van der Waals surface area contributed by atoms with E-state index in [1.54, 1.807) is 47.6 Å². The van der Waals surface area contributed by atoms with E-state index < -0.39 is 0 Å². The van der Waals surface area contributed by atoms with Crippen LogP contribution < -0.4 is 4.90 Å². The van der Waals surface area contributed by atoms with Crippen LogP contribution in [0.5, 0.6) is 0 Å². The summed E-state index contributed by atoms with van der Waals surface area (Å²) in [4.78, 5) is 20.3. The van der Waals surface area contributed by atoms with Crippen LogP contribution in [-0.2, 0) is 0 Å². The van der Waals surface area contributed by atoms with Crippen molar-refractivity contribution in [2.45, 2.75) is 0 Å². The Hall–Kier alpha value is -2.58. The first-order valence-corrected chi connectivity index (χ1v) is 7.71. The van der Waals surface area contributed by atoms with Crippen LogP contribution in [0.1, 0.15) is 15.9 Å². The summed E-state index contributed by atoms with van der Waals surface area (Å²) in [5.74, 6) is -0.0163. The number of carbonyl (C=O) groups excluding carboxylic acids is 1. The van der Waals surface area contributed by atoms with E-state index in [9.17, 15) is 10.1 Å². The number of nitrogens with zero attached hydrogens (tertiary/aromatic N) is 4. The molecule has 1 amide bonds. The Bertz CT molecular complexity index is 749. The van der Waals surface area contributed by atoms with Gasteiger partial charge in [0.25, 0.3) is 5.91 Å². The number of benzene rings is 1. The molecule has 0 aliphatic carbocycles. The summed E-state index contributed by atoms with van der Waals surface area (Å²) in [7, 11) is 0. The number of pyridine rings is 1. The number of piperazine rings is 1. The molecule has 1 aliphatic rings. The number of carbonyl (C=O) groups is 1. The molecule has 1 fully saturated rings.